The number of hydrogen-bond acceptors (Lipinski definition) is 5. The minimum atomic E-state index is -0.422. The van der Waals surface area contributed by atoms with Crippen LogP contribution in [0.25, 0.3) is 6.08 Å². The molecular weight excluding hydrogens is 272 g/mol. The Morgan fingerprint density at radius 1 is 1.29 bits per heavy atom. The number of benzene rings is 1. The van der Waals surface area contributed by atoms with E-state index in [0.29, 0.717) is 28.4 Å². The van der Waals surface area contributed by atoms with E-state index in [-0.39, 0.29) is 11.5 Å². The van der Waals surface area contributed by atoms with Crippen LogP contribution in [0.15, 0.2) is 40.7 Å². The third-order valence-corrected chi connectivity index (χ3v) is 3.11. The lowest BCUT2D eigenvalue weighted by molar-refractivity contribution is -0.131. The van der Waals surface area contributed by atoms with E-state index in [1.54, 1.807) is 31.2 Å². The molecule has 106 valence electrons. The molecule has 0 atom stereocenters. The highest BCUT2D eigenvalue weighted by Crippen LogP contribution is 2.39. The fourth-order valence-corrected chi connectivity index (χ4v) is 2.14. The van der Waals surface area contributed by atoms with Gasteiger partial charge in [0.15, 0.2) is 5.76 Å². The van der Waals surface area contributed by atoms with Crippen LogP contribution < -0.4 is 9.47 Å². The van der Waals surface area contributed by atoms with Gasteiger partial charge in [-0.1, -0.05) is 0 Å². The molecule has 2 aromatic rings. The number of rotatable bonds is 2. The van der Waals surface area contributed by atoms with Gasteiger partial charge < -0.3 is 13.9 Å². The number of fused-ring (bicyclic) bond motifs is 1. The number of carbonyl (C=O) groups excluding carboxylic acids is 2. The molecule has 0 bridgehead atoms. The molecule has 1 aliphatic heterocycles. The molecule has 0 fully saturated rings. The van der Waals surface area contributed by atoms with E-state index in [9.17, 15) is 9.59 Å². The van der Waals surface area contributed by atoms with Gasteiger partial charge in [0, 0.05) is 18.6 Å². The van der Waals surface area contributed by atoms with E-state index in [1.165, 1.54) is 19.3 Å². The molecule has 0 spiro atoms. The summed E-state index contributed by atoms with van der Waals surface area (Å²) in [4.78, 5) is 23.3. The van der Waals surface area contributed by atoms with E-state index in [1.807, 2.05) is 0 Å². The van der Waals surface area contributed by atoms with Gasteiger partial charge in [-0.25, -0.2) is 0 Å². The smallest absolute Gasteiger partial charge is 0.308 e. The van der Waals surface area contributed by atoms with Crippen molar-refractivity contribution < 1.29 is 23.5 Å². The van der Waals surface area contributed by atoms with Crippen LogP contribution in [-0.2, 0) is 4.79 Å². The minimum absolute atomic E-state index is 0.183. The Morgan fingerprint density at radius 3 is 2.76 bits per heavy atom. The summed E-state index contributed by atoms with van der Waals surface area (Å²) in [5.41, 5.74) is 1.06. The Bertz CT molecular complexity index is 753. The van der Waals surface area contributed by atoms with Gasteiger partial charge in [-0.3, -0.25) is 9.59 Å². The second-order valence-corrected chi connectivity index (χ2v) is 4.61. The molecular formula is C16H12O5. The van der Waals surface area contributed by atoms with Crippen molar-refractivity contribution >= 4 is 17.8 Å². The molecule has 5 nitrogen and oxygen atoms in total. The number of ketones is 1. The van der Waals surface area contributed by atoms with Crippen LogP contribution in [-0.4, -0.2) is 11.8 Å². The summed E-state index contributed by atoms with van der Waals surface area (Å²) in [6, 6.07) is 6.63. The van der Waals surface area contributed by atoms with Crippen LogP contribution in [0.2, 0.25) is 0 Å². The van der Waals surface area contributed by atoms with E-state index < -0.39 is 5.97 Å². The molecule has 0 amide bonds. The summed E-state index contributed by atoms with van der Waals surface area (Å²) in [6.07, 6.45) is 3.05. The first-order valence-electron chi connectivity index (χ1n) is 6.36. The third-order valence-electron chi connectivity index (χ3n) is 3.11. The second-order valence-electron chi connectivity index (χ2n) is 4.61. The first-order valence-corrected chi connectivity index (χ1v) is 6.36. The van der Waals surface area contributed by atoms with E-state index in [2.05, 4.69) is 0 Å². The van der Waals surface area contributed by atoms with E-state index in [4.69, 9.17) is 13.9 Å². The van der Waals surface area contributed by atoms with Gasteiger partial charge in [0.05, 0.1) is 11.8 Å². The summed E-state index contributed by atoms with van der Waals surface area (Å²) < 4.78 is 15.9. The van der Waals surface area contributed by atoms with Gasteiger partial charge in [-0.15, -0.1) is 0 Å². The zero-order chi connectivity index (χ0) is 15.0. The van der Waals surface area contributed by atoms with Crippen LogP contribution in [0.4, 0.5) is 0 Å². The summed E-state index contributed by atoms with van der Waals surface area (Å²) in [7, 11) is 0. The zero-order valence-electron chi connectivity index (χ0n) is 11.5. The predicted octanol–water partition coefficient (Wildman–Crippen LogP) is 3.13. The molecule has 0 aliphatic carbocycles. The Kier molecular flexibility index (Phi) is 3.10. The molecule has 1 aromatic heterocycles. The molecule has 0 saturated heterocycles. The van der Waals surface area contributed by atoms with Crippen LogP contribution in [0.1, 0.15) is 28.6 Å². The fraction of sp³-hybridized carbons (Fsp3) is 0.125. The number of furan rings is 1. The standard InChI is InChI=1S/C16H12O5/c1-9-13(20-10(2)17)6-5-12-15(18)14(21-16(9)12)8-11-4-3-7-19-11/h3-8H,1-2H3/b14-8-. The van der Waals surface area contributed by atoms with Crippen molar-refractivity contribution in [3.05, 3.63) is 53.2 Å². The highest BCUT2D eigenvalue weighted by atomic mass is 16.5. The highest BCUT2D eigenvalue weighted by Gasteiger charge is 2.30. The van der Waals surface area contributed by atoms with Crippen LogP contribution in [0.5, 0.6) is 11.5 Å². The number of hydrogen-bond donors (Lipinski definition) is 0. The minimum Gasteiger partial charge on any atom is -0.465 e. The number of carbonyl (C=O) groups is 2. The van der Waals surface area contributed by atoms with Crippen molar-refractivity contribution in [2.75, 3.05) is 0 Å². The van der Waals surface area contributed by atoms with Crippen molar-refractivity contribution in [1.82, 2.24) is 0 Å². The quantitative estimate of drug-likeness (QED) is 0.481. The maximum Gasteiger partial charge on any atom is 0.308 e. The van der Waals surface area contributed by atoms with Gasteiger partial charge in [0.1, 0.15) is 17.3 Å². The monoisotopic (exact) mass is 284 g/mol. The third kappa shape index (κ3) is 2.33. The van der Waals surface area contributed by atoms with Gasteiger partial charge in [-0.2, -0.15) is 0 Å². The molecule has 0 saturated carbocycles. The lowest BCUT2D eigenvalue weighted by atomic mass is 10.1. The molecule has 5 heteroatoms. The molecule has 0 N–H and O–H groups in total. The maximum absolute atomic E-state index is 12.3. The highest BCUT2D eigenvalue weighted by molar-refractivity contribution is 6.14. The topological polar surface area (TPSA) is 65.7 Å². The van der Waals surface area contributed by atoms with Gasteiger partial charge >= 0.3 is 5.97 Å². The lowest BCUT2D eigenvalue weighted by Gasteiger charge is -2.08. The Labute approximate surface area is 120 Å². The molecule has 1 aromatic carbocycles. The number of ether oxygens (including phenoxy) is 2. The maximum atomic E-state index is 12.3. The van der Waals surface area contributed by atoms with Gasteiger partial charge in [0.25, 0.3) is 0 Å². The van der Waals surface area contributed by atoms with E-state index in [0.717, 1.165) is 0 Å². The summed E-state index contributed by atoms with van der Waals surface area (Å²) >= 11 is 0. The van der Waals surface area contributed by atoms with Crippen molar-refractivity contribution in [2.45, 2.75) is 13.8 Å². The average Bonchev–Trinajstić information content (AvgIpc) is 3.04. The largest absolute Gasteiger partial charge is 0.465 e. The second kappa shape index (κ2) is 4.94. The molecule has 3 rings (SSSR count). The number of allylic oxidation sites excluding steroid dienone is 1. The lowest BCUT2D eigenvalue weighted by Crippen LogP contribution is -2.03. The average molecular weight is 284 g/mol. The van der Waals surface area contributed by atoms with Crippen molar-refractivity contribution in [3.8, 4) is 11.5 Å². The van der Waals surface area contributed by atoms with Crippen LogP contribution >= 0.6 is 0 Å². The van der Waals surface area contributed by atoms with Crippen molar-refractivity contribution in [1.29, 1.82) is 0 Å². The molecule has 1 aliphatic rings. The van der Waals surface area contributed by atoms with Crippen LogP contribution in [0.3, 0.4) is 0 Å². The molecule has 0 radical (unpaired) electrons. The first-order chi connectivity index (χ1) is 10.1. The van der Waals surface area contributed by atoms with Gasteiger partial charge in [-0.05, 0) is 31.2 Å². The predicted molar refractivity (Wildman–Crippen MR) is 74.1 cm³/mol. The Morgan fingerprint density at radius 2 is 2.10 bits per heavy atom. The van der Waals surface area contributed by atoms with E-state index >= 15 is 0 Å². The summed E-state index contributed by atoms with van der Waals surface area (Å²) in [5, 5.41) is 0. The first kappa shape index (κ1) is 13.2. The molecule has 0 unspecified atom stereocenters. The van der Waals surface area contributed by atoms with Gasteiger partial charge in [0.2, 0.25) is 5.78 Å². The van der Waals surface area contributed by atoms with Crippen molar-refractivity contribution in [2.24, 2.45) is 0 Å². The molecule has 2 heterocycles. The Hall–Kier alpha value is -2.82. The SMILES string of the molecule is CC(=O)Oc1ccc2c(c1C)O/C(=C\c1ccco1)C2=O. The number of esters is 1. The summed E-state index contributed by atoms with van der Waals surface area (Å²) in [6.45, 7) is 3.06. The zero-order valence-corrected chi connectivity index (χ0v) is 11.5. The normalized spacial score (nSPS) is 15.0. The number of Topliss-reactive ketones (excluding diaryl/α,β-unsaturated/α-hetero) is 1. The fourth-order valence-electron chi connectivity index (χ4n) is 2.14. The van der Waals surface area contributed by atoms with Crippen LogP contribution in [0, 0.1) is 6.92 Å². The molecule has 21 heavy (non-hydrogen) atoms. The Balaban J connectivity index is 1.99. The summed E-state index contributed by atoms with van der Waals surface area (Å²) in [5.74, 6) is 0.865. The van der Waals surface area contributed by atoms with Crippen molar-refractivity contribution in [3.63, 3.8) is 0 Å².